The zero-order valence-electron chi connectivity index (χ0n) is 6.59. The first kappa shape index (κ1) is 9.43. The molecule has 0 radical (unpaired) electrons. The van der Waals surface area contributed by atoms with Crippen LogP contribution in [0.15, 0.2) is 0 Å². The lowest BCUT2D eigenvalue weighted by atomic mass is 10.3. The Labute approximate surface area is 61.5 Å². The molecule has 0 rings (SSSR count). The van der Waals surface area contributed by atoms with Crippen molar-refractivity contribution >= 4 is 5.97 Å². The van der Waals surface area contributed by atoms with Crippen LogP contribution in [0.2, 0.25) is 0 Å². The molecule has 0 aliphatic heterocycles. The molecule has 1 atom stereocenters. The van der Waals surface area contributed by atoms with Gasteiger partial charge in [0.2, 0.25) is 0 Å². The molecule has 10 heavy (non-hydrogen) atoms. The van der Waals surface area contributed by atoms with E-state index in [2.05, 4.69) is 0 Å². The van der Waals surface area contributed by atoms with Gasteiger partial charge >= 0.3 is 5.97 Å². The molecular formula is C7H15NO2. The first-order valence-electron chi connectivity index (χ1n) is 3.58. The number of rotatable bonds is 4. The molecule has 0 aliphatic rings. The van der Waals surface area contributed by atoms with Crippen LogP contribution in [0.5, 0.6) is 0 Å². The van der Waals surface area contributed by atoms with Crippen LogP contribution in [0.25, 0.3) is 0 Å². The van der Waals surface area contributed by atoms with Gasteiger partial charge in [0, 0.05) is 12.5 Å². The van der Waals surface area contributed by atoms with Crippen LogP contribution in [0.4, 0.5) is 0 Å². The van der Waals surface area contributed by atoms with Crippen molar-refractivity contribution in [2.45, 2.75) is 32.7 Å². The van der Waals surface area contributed by atoms with Crippen molar-refractivity contribution in [1.29, 1.82) is 0 Å². The van der Waals surface area contributed by atoms with Crippen LogP contribution in [0, 0.1) is 0 Å². The normalized spacial score (nSPS) is 12.7. The van der Waals surface area contributed by atoms with Crippen molar-refractivity contribution < 1.29 is 9.53 Å². The number of carbonyl (C=O) groups is 1. The molecule has 0 aromatic carbocycles. The minimum absolute atomic E-state index is 0.115. The molecule has 3 heteroatoms. The van der Waals surface area contributed by atoms with Crippen LogP contribution in [0.3, 0.4) is 0 Å². The number of esters is 1. The number of hydrogen-bond donors (Lipinski definition) is 1. The smallest absolute Gasteiger partial charge is 0.305 e. The van der Waals surface area contributed by atoms with Crippen molar-refractivity contribution in [3.05, 3.63) is 0 Å². The van der Waals surface area contributed by atoms with Crippen LogP contribution in [-0.2, 0) is 9.53 Å². The van der Waals surface area contributed by atoms with E-state index in [1.54, 1.807) is 6.92 Å². The van der Waals surface area contributed by atoms with Gasteiger partial charge in [0.15, 0.2) is 0 Å². The lowest BCUT2D eigenvalue weighted by Gasteiger charge is -2.04. The zero-order valence-corrected chi connectivity index (χ0v) is 6.59. The topological polar surface area (TPSA) is 52.3 Å². The Morgan fingerprint density at radius 1 is 1.70 bits per heavy atom. The number of nitrogens with two attached hydrogens (primary N) is 1. The maximum atomic E-state index is 10.5. The molecule has 0 saturated carbocycles. The maximum Gasteiger partial charge on any atom is 0.305 e. The summed E-state index contributed by atoms with van der Waals surface area (Å²) in [6.07, 6.45) is 1.19. The fraction of sp³-hybridized carbons (Fsp3) is 0.857. The van der Waals surface area contributed by atoms with Crippen molar-refractivity contribution in [2.75, 3.05) is 6.61 Å². The molecule has 0 spiro atoms. The van der Waals surface area contributed by atoms with Gasteiger partial charge < -0.3 is 10.5 Å². The van der Waals surface area contributed by atoms with Gasteiger partial charge in [-0.3, -0.25) is 4.79 Å². The molecule has 0 aromatic heterocycles. The summed E-state index contributed by atoms with van der Waals surface area (Å²) in [5.41, 5.74) is 5.43. The summed E-state index contributed by atoms with van der Waals surface area (Å²) in [4.78, 5) is 10.5. The maximum absolute atomic E-state index is 10.5. The second kappa shape index (κ2) is 5.23. The van der Waals surface area contributed by atoms with E-state index in [1.165, 1.54) is 0 Å². The van der Waals surface area contributed by atoms with E-state index in [9.17, 15) is 4.79 Å². The van der Waals surface area contributed by atoms with Crippen molar-refractivity contribution in [3.63, 3.8) is 0 Å². The number of hydrogen-bond acceptors (Lipinski definition) is 3. The third kappa shape index (κ3) is 5.56. The molecule has 0 bridgehead atoms. The Hall–Kier alpha value is -0.570. The largest absolute Gasteiger partial charge is 0.466 e. The molecule has 1 unspecified atom stereocenters. The van der Waals surface area contributed by atoms with Gasteiger partial charge in [-0.2, -0.15) is 0 Å². The highest BCUT2D eigenvalue weighted by Gasteiger charge is 1.98. The van der Waals surface area contributed by atoms with Crippen LogP contribution < -0.4 is 5.73 Å². The van der Waals surface area contributed by atoms with Crippen molar-refractivity contribution in [1.82, 2.24) is 0 Å². The van der Waals surface area contributed by atoms with E-state index in [0.717, 1.165) is 6.42 Å². The Bertz CT molecular complexity index is 102. The molecule has 0 aromatic rings. The minimum Gasteiger partial charge on any atom is -0.466 e. The van der Waals surface area contributed by atoms with Gasteiger partial charge in [0.25, 0.3) is 0 Å². The third-order valence-electron chi connectivity index (χ3n) is 1.12. The van der Waals surface area contributed by atoms with Crippen LogP contribution in [-0.4, -0.2) is 18.6 Å². The highest BCUT2D eigenvalue weighted by molar-refractivity contribution is 5.68. The Balaban J connectivity index is 3.12. The molecule has 0 heterocycles. The number of ether oxygens (including phenoxy) is 1. The van der Waals surface area contributed by atoms with Crippen molar-refractivity contribution in [3.8, 4) is 0 Å². The van der Waals surface area contributed by atoms with Gasteiger partial charge in [-0.1, -0.05) is 6.92 Å². The average molecular weight is 145 g/mol. The van der Waals surface area contributed by atoms with E-state index in [0.29, 0.717) is 13.0 Å². The Morgan fingerprint density at radius 2 is 2.30 bits per heavy atom. The first-order chi connectivity index (χ1) is 4.66. The van der Waals surface area contributed by atoms with E-state index in [1.807, 2.05) is 6.92 Å². The summed E-state index contributed by atoms with van der Waals surface area (Å²) in [7, 11) is 0. The lowest BCUT2D eigenvalue weighted by Crippen LogP contribution is -2.18. The molecule has 3 nitrogen and oxygen atoms in total. The van der Waals surface area contributed by atoms with E-state index < -0.39 is 0 Å². The van der Waals surface area contributed by atoms with Gasteiger partial charge in [-0.25, -0.2) is 0 Å². The van der Waals surface area contributed by atoms with Gasteiger partial charge in [-0.05, 0) is 13.3 Å². The van der Waals surface area contributed by atoms with E-state index in [4.69, 9.17) is 10.5 Å². The minimum atomic E-state index is -0.152. The highest BCUT2D eigenvalue weighted by atomic mass is 16.5. The summed E-state index contributed by atoms with van der Waals surface area (Å²) in [6.45, 7) is 4.11. The van der Waals surface area contributed by atoms with Gasteiger partial charge in [0.05, 0.1) is 6.61 Å². The highest BCUT2D eigenvalue weighted by Crippen LogP contribution is 1.90. The summed E-state index contributed by atoms with van der Waals surface area (Å²) in [5, 5.41) is 0. The zero-order chi connectivity index (χ0) is 7.98. The fourth-order valence-corrected chi connectivity index (χ4v) is 0.461. The summed E-state index contributed by atoms with van der Waals surface area (Å²) in [6, 6.07) is 0.115. The summed E-state index contributed by atoms with van der Waals surface area (Å²) in [5.74, 6) is -0.152. The molecule has 60 valence electrons. The molecule has 0 aliphatic carbocycles. The monoisotopic (exact) mass is 145 g/mol. The van der Waals surface area contributed by atoms with Crippen molar-refractivity contribution in [2.24, 2.45) is 5.73 Å². The van der Waals surface area contributed by atoms with Crippen LogP contribution in [0.1, 0.15) is 26.7 Å². The third-order valence-corrected chi connectivity index (χ3v) is 1.12. The predicted molar refractivity (Wildman–Crippen MR) is 39.5 cm³/mol. The van der Waals surface area contributed by atoms with Gasteiger partial charge in [0.1, 0.15) is 0 Å². The number of carbonyl (C=O) groups excluding carboxylic acids is 1. The SMILES string of the molecule is CCC(=O)OCCC(C)N. The second-order valence-electron chi connectivity index (χ2n) is 2.34. The molecule has 0 saturated heterocycles. The van der Waals surface area contributed by atoms with Crippen LogP contribution >= 0.6 is 0 Å². The first-order valence-corrected chi connectivity index (χ1v) is 3.58. The Kier molecular flexibility index (Phi) is 4.94. The van der Waals surface area contributed by atoms with E-state index in [-0.39, 0.29) is 12.0 Å². The lowest BCUT2D eigenvalue weighted by molar-refractivity contribution is -0.143. The molecule has 0 amide bonds. The molecular weight excluding hydrogens is 130 g/mol. The Morgan fingerprint density at radius 3 is 2.70 bits per heavy atom. The molecule has 0 fully saturated rings. The second-order valence-corrected chi connectivity index (χ2v) is 2.34. The summed E-state index contributed by atoms with van der Waals surface area (Å²) >= 11 is 0. The van der Waals surface area contributed by atoms with Gasteiger partial charge in [-0.15, -0.1) is 0 Å². The summed E-state index contributed by atoms with van der Waals surface area (Å²) < 4.78 is 4.78. The average Bonchev–Trinajstić information content (AvgIpc) is 1.87. The van der Waals surface area contributed by atoms with E-state index >= 15 is 0 Å². The fourth-order valence-electron chi connectivity index (χ4n) is 0.461. The standard InChI is InChI=1S/C7H15NO2/c1-3-7(9)10-5-4-6(2)8/h6H,3-5,8H2,1-2H3. The predicted octanol–water partition coefficient (Wildman–Crippen LogP) is 0.677. The quantitative estimate of drug-likeness (QED) is 0.592. The molecule has 2 N–H and O–H groups in total.